The summed E-state index contributed by atoms with van der Waals surface area (Å²) in [5.74, 6) is 0.830. The highest BCUT2D eigenvalue weighted by Gasteiger charge is 2.09. The lowest BCUT2D eigenvalue weighted by Crippen LogP contribution is -2.33. The molecular formula is C13H25ClN2O. The SMILES string of the molecule is O=C(CCCCCl)NCCCN1CCCCC1. The third-order valence-corrected chi connectivity index (χ3v) is 3.48. The number of likely N-dealkylation sites (tertiary alicyclic amines) is 1. The molecule has 0 saturated carbocycles. The molecule has 0 bridgehead atoms. The number of rotatable bonds is 8. The van der Waals surface area contributed by atoms with Gasteiger partial charge in [-0.1, -0.05) is 6.42 Å². The Kier molecular flexibility index (Phi) is 8.45. The molecule has 1 fully saturated rings. The zero-order valence-corrected chi connectivity index (χ0v) is 11.5. The number of nitrogens with one attached hydrogen (secondary N) is 1. The van der Waals surface area contributed by atoms with Crippen molar-refractivity contribution in [2.24, 2.45) is 0 Å². The normalized spacial score (nSPS) is 17.0. The molecular weight excluding hydrogens is 236 g/mol. The van der Waals surface area contributed by atoms with Crippen LogP contribution in [0.3, 0.4) is 0 Å². The second kappa shape index (κ2) is 9.72. The molecule has 1 aliphatic heterocycles. The van der Waals surface area contributed by atoms with Gasteiger partial charge in [0.05, 0.1) is 0 Å². The van der Waals surface area contributed by atoms with Crippen molar-refractivity contribution >= 4 is 17.5 Å². The second-order valence-electron chi connectivity index (χ2n) is 4.75. The molecule has 0 aromatic rings. The molecule has 1 amide bonds. The molecule has 0 aromatic heterocycles. The number of alkyl halides is 1. The molecule has 4 heteroatoms. The molecule has 1 heterocycles. The Labute approximate surface area is 110 Å². The average molecular weight is 261 g/mol. The molecule has 17 heavy (non-hydrogen) atoms. The smallest absolute Gasteiger partial charge is 0.219 e. The van der Waals surface area contributed by atoms with Crippen LogP contribution in [0.5, 0.6) is 0 Å². The molecule has 1 N–H and O–H groups in total. The summed E-state index contributed by atoms with van der Waals surface area (Å²) in [5, 5.41) is 2.97. The van der Waals surface area contributed by atoms with E-state index in [-0.39, 0.29) is 5.91 Å². The minimum atomic E-state index is 0.175. The minimum absolute atomic E-state index is 0.175. The summed E-state index contributed by atoms with van der Waals surface area (Å²) < 4.78 is 0. The van der Waals surface area contributed by atoms with E-state index in [1.807, 2.05) is 0 Å². The lowest BCUT2D eigenvalue weighted by molar-refractivity contribution is -0.121. The zero-order chi connectivity index (χ0) is 12.3. The van der Waals surface area contributed by atoms with Crippen molar-refractivity contribution in [3.8, 4) is 0 Å². The highest BCUT2D eigenvalue weighted by atomic mass is 35.5. The zero-order valence-electron chi connectivity index (χ0n) is 10.7. The summed E-state index contributed by atoms with van der Waals surface area (Å²) in [6.45, 7) is 4.42. The van der Waals surface area contributed by atoms with Gasteiger partial charge < -0.3 is 10.2 Å². The lowest BCUT2D eigenvalue weighted by Gasteiger charge is -2.26. The number of carbonyl (C=O) groups is 1. The van der Waals surface area contributed by atoms with E-state index >= 15 is 0 Å². The lowest BCUT2D eigenvalue weighted by atomic mass is 10.1. The van der Waals surface area contributed by atoms with Crippen LogP contribution in [0.15, 0.2) is 0 Å². The molecule has 1 rings (SSSR count). The van der Waals surface area contributed by atoms with Crippen LogP contribution in [0.2, 0.25) is 0 Å². The minimum Gasteiger partial charge on any atom is -0.356 e. The molecule has 0 aromatic carbocycles. The Morgan fingerprint density at radius 1 is 1.12 bits per heavy atom. The highest BCUT2D eigenvalue weighted by Crippen LogP contribution is 2.08. The number of carbonyl (C=O) groups excluding carboxylic acids is 1. The van der Waals surface area contributed by atoms with Gasteiger partial charge in [0.25, 0.3) is 0 Å². The molecule has 1 aliphatic rings. The first-order valence-electron chi connectivity index (χ1n) is 6.88. The van der Waals surface area contributed by atoms with Crippen LogP contribution < -0.4 is 5.32 Å². The molecule has 0 aliphatic carbocycles. The summed E-state index contributed by atoms with van der Waals surface area (Å²) >= 11 is 5.56. The molecule has 3 nitrogen and oxygen atoms in total. The number of hydrogen-bond acceptors (Lipinski definition) is 2. The van der Waals surface area contributed by atoms with Crippen molar-refractivity contribution in [3.05, 3.63) is 0 Å². The fourth-order valence-corrected chi connectivity index (χ4v) is 2.37. The third-order valence-electron chi connectivity index (χ3n) is 3.21. The molecule has 0 spiro atoms. The standard InChI is InChI=1S/C13H25ClN2O/c14-8-3-2-7-13(17)15-9-6-12-16-10-4-1-5-11-16/h1-12H2,(H,15,17). The summed E-state index contributed by atoms with van der Waals surface area (Å²) in [7, 11) is 0. The first kappa shape index (κ1) is 14.8. The van der Waals surface area contributed by atoms with Crippen LogP contribution in [0.4, 0.5) is 0 Å². The Balaban J connectivity index is 1.90. The summed E-state index contributed by atoms with van der Waals surface area (Å²) in [5.41, 5.74) is 0. The van der Waals surface area contributed by atoms with Gasteiger partial charge in [-0.15, -0.1) is 11.6 Å². The topological polar surface area (TPSA) is 32.3 Å². The van der Waals surface area contributed by atoms with Crippen molar-refractivity contribution in [1.29, 1.82) is 0 Å². The Morgan fingerprint density at radius 2 is 1.88 bits per heavy atom. The average Bonchev–Trinajstić information content (AvgIpc) is 2.36. The van der Waals surface area contributed by atoms with Crippen LogP contribution in [-0.2, 0) is 4.79 Å². The molecule has 0 unspecified atom stereocenters. The summed E-state index contributed by atoms with van der Waals surface area (Å²) in [4.78, 5) is 13.9. The van der Waals surface area contributed by atoms with Crippen LogP contribution >= 0.6 is 11.6 Å². The van der Waals surface area contributed by atoms with Crippen molar-refractivity contribution in [1.82, 2.24) is 10.2 Å². The first-order chi connectivity index (χ1) is 8.33. The maximum absolute atomic E-state index is 11.4. The van der Waals surface area contributed by atoms with E-state index in [0.29, 0.717) is 12.3 Å². The number of halogens is 1. The van der Waals surface area contributed by atoms with E-state index in [4.69, 9.17) is 11.6 Å². The van der Waals surface area contributed by atoms with Gasteiger partial charge in [0.2, 0.25) is 5.91 Å². The third kappa shape index (κ3) is 7.61. The van der Waals surface area contributed by atoms with Crippen LogP contribution in [0, 0.1) is 0 Å². The van der Waals surface area contributed by atoms with Gasteiger partial charge in [0.1, 0.15) is 0 Å². The van der Waals surface area contributed by atoms with E-state index in [9.17, 15) is 4.79 Å². The number of unbranched alkanes of at least 4 members (excludes halogenated alkanes) is 1. The summed E-state index contributed by atoms with van der Waals surface area (Å²) in [6.07, 6.45) is 7.59. The monoisotopic (exact) mass is 260 g/mol. The maximum Gasteiger partial charge on any atom is 0.219 e. The largest absolute Gasteiger partial charge is 0.356 e. The van der Waals surface area contributed by atoms with Gasteiger partial charge in [-0.25, -0.2) is 0 Å². The van der Waals surface area contributed by atoms with E-state index in [1.165, 1.54) is 32.4 Å². The van der Waals surface area contributed by atoms with Crippen molar-refractivity contribution in [2.45, 2.75) is 44.9 Å². The van der Waals surface area contributed by atoms with E-state index in [1.54, 1.807) is 0 Å². The molecule has 0 atom stereocenters. The van der Waals surface area contributed by atoms with E-state index in [0.717, 1.165) is 32.4 Å². The van der Waals surface area contributed by atoms with Crippen molar-refractivity contribution in [2.75, 3.05) is 32.1 Å². The number of hydrogen-bond donors (Lipinski definition) is 1. The van der Waals surface area contributed by atoms with Gasteiger partial charge in [-0.3, -0.25) is 4.79 Å². The predicted molar refractivity (Wildman–Crippen MR) is 72.5 cm³/mol. The van der Waals surface area contributed by atoms with Crippen LogP contribution in [0.1, 0.15) is 44.9 Å². The van der Waals surface area contributed by atoms with Crippen molar-refractivity contribution in [3.63, 3.8) is 0 Å². The molecule has 1 saturated heterocycles. The highest BCUT2D eigenvalue weighted by molar-refractivity contribution is 6.17. The van der Waals surface area contributed by atoms with Gasteiger partial charge in [-0.05, 0) is 51.7 Å². The number of amides is 1. The second-order valence-corrected chi connectivity index (χ2v) is 5.13. The van der Waals surface area contributed by atoms with E-state index < -0.39 is 0 Å². The number of piperidine rings is 1. The Hall–Kier alpha value is -0.280. The van der Waals surface area contributed by atoms with Crippen LogP contribution in [-0.4, -0.2) is 42.9 Å². The Morgan fingerprint density at radius 3 is 2.59 bits per heavy atom. The van der Waals surface area contributed by atoms with Gasteiger partial charge in [0.15, 0.2) is 0 Å². The maximum atomic E-state index is 11.4. The first-order valence-corrected chi connectivity index (χ1v) is 7.41. The van der Waals surface area contributed by atoms with E-state index in [2.05, 4.69) is 10.2 Å². The number of nitrogens with zero attached hydrogens (tertiary/aromatic N) is 1. The van der Waals surface area contributed by atoms with Crippen LogP contribution in [0.25, 0.3) is 0 Å². The fourth-order valence-electron chi connectivity index (χ4n) is 2.18. The summed E-state index contributed by atoms with van der Waals surface area (Å²) in [6, 6.07) is 0. The van der Waals surface area contributed by atoms with Crippen molar-refractivity contribution < 1.29 is 4.79 Å². The Bertz CT molecular complexity index is 206. The molecule has 100 valence electrons. The molecule has 0 radical (unpaired) electrons. The quantitative estimate of drug-likeness (QED) is 0.537. The van der Waals surface area contributed by atoms with Gasteiger partial charge >= 0.3 is 0 Å². The van der Waals surface area contributed by atoms with Gasteiger partial charge in [-0.2, -0.15) is 0 Å². The van der Waals surface area contributed by atoms with Gasteiger partial charge in [0, 0.05) is 18.8 Å². The fraction of sp³-hybridized carbons (Fsp3) is 0.923. The predicted octanol–water partition coefficient (Wildman–Crippen LogP) is 2.39.